The van der Waals surface area contributed by atoms with Gasteiger partial charge in [-0.2, -0.15) is 0 Å². The molecule has 0 fully saturated rings. The lowest BCUT2D eigenvalue weighted by Crippen LogP contribution is -2.10. The maximum Gasteiger partial charge on any atom is 0.248 e. The minimum absolute atomic E-state index is 0.0578. The van der Waals surface area contributed by atoms with Crippen molar-refractivity contribution < 1.29 is 9.90 Å². The number of carbonyl (C=O) groups excluding carboxylic acids is 1. The Bertz CT molecular complexity index is 927. The van der Waals surface area contributed by atoms with Crippen LogP contribution in [0, 0.1) is 0 Å². The lowest BCUT2D eigenvalue weighted by Gasteiger charge is -2.07. The largest absolute Gasteiger partial charge is 0.494 e. The number of primary amides is 1. The monoisotopic (exact) mass is 335 g/mol. The second kappa shape index (κ2) is 7.21. The van der Waals surface area contributed by atoms with Gasteiger partial charge in [-0.25, -0.2) is 0 Å². The summed E-state index contributed by atoms with van der Waals surface area (Å²) in [5.41, 5.74) is 8.80. The summed E-state index contributed by atoms with van der Waals surface area (Å²) in [6, 6.07) is 14.7. The molecule has 4 N–H and O–H groups in total. The van der Waals surface area contributed by atoms with E-state index in [9.17, 15) is 9.90 Å². The fraction of sp³-hybridized carbons (Fsp3) is 0.200. The summed E-state index contributed by atoms with van der Waals surface area (Å²) >= 11 is 0. The van der Waals surface area contributed by atoms with E-state index in [2.05, 4.69) is 11.9 Å². The molecule has 2 aromatic carbocycles. The Morgan fingerprint density at radius 2 is 1.96 bits per heavy atom. The van der Waals surface area contributed by atoms with Gasteiger partial charge >= 0.3 is 0 Å². The first-order valence-corrected chi connectivity index (χ1v) is 8.37. The number of hydrogen-bond acceptors (Lipinski definition) is 3. The zero-order chi connectivity index (χ0) is 17.8. The molecule has 0 aliphatic carbocycles. The fourth-order valence-electron chi connectivity index (χ4n) is 2.86. The third kappa shape index (κ3) is 3.55. The predicted octanol–water partition coefficient (Wildman–Crippen LogP) is 4.28. The first-order chi connectivity index (χ1) is 12.1. The molecule has 1 amide bonds. The topological polar surface area (TPSA) is 91.5 Å². The van der Waals surface area contributed by atoms with Crippen molar-refractivity contribution in [3.05, 3.63) is 59.7 Å². The number of fused-ring (bicyclic) bond motifs is 1. The third-order valence-corrected chi connectivity index (χ3v) is 4.14. The summed E-state index contributed by atoms with van der Waals surface area (Å²) in [5, 5.41) is 11.2. The van der Waals surface area contributed by atoms with Crippen LogP contribution in [0.15, 0.2) is 53.5 Å². The van der Waals surface area contributed by atoms with Gasteiger partial charge < -0.3 is 15.8 Å². The van der Waals surface area contributed by atoms with Crippen molar-refractivity contribution in [2.45, 2.75) is 26.2 Å². The van der Waals surface area contributed by atoms with Crippen LogP contribution in [0.1, 0.15) is 42.1 Å². The van der Waals surface area contributed by atoms with E-state index in [1.54, 1.807) is 18.2 Å². The van der Waals surface area contributed by atoms with Gasteiger partial charge in [0.05, 0.1) is 17.0 Å². The molecule has 0 atom stereocenters. The Morgan fingerprint density at radius 1 is 1.20 bits per heavy atom. The highest BCUT2D eigenvalue weighted by Gasteiger charge is 2.17. The SMILES string of the molecule is CCCCC(=Nc1ccccc1)c1c(O)[nH]c2ccc(C(N)=O)cc12. The lowest BCUT2D eigenvalue weighted by molar-refractivity contribution is 0.100. The van der Waals surface area contributed by atoms with Crippen molar-refractivity contribution in [1.29, 1.82) is 0 Å². The van der Waals surface area contributed by atoms with Gasteiger partial charge in [-0.1, -0.05) is 31.5 Å². The molecule has 0 aliphatic heterocycles. The summed E-state index contributed by atoms with van der Waals surface area (Å²) in [6.45, 7) is 2.11. The van der Waals surface area contributed by atoms with Crippen LogP contribution in [0.3, 0.4) is 0 Å². The number of unbranched alkanes of at least 4 members (excludes halogenated alkanes) is 1. The normalized spacial score (nSPS) is 11.8. The number of aromatic nitrogens is 1. The zero-order valence-corrected chi connectivity index (χ0v) is 14.1. The number of rotatable bonds is 6. The number of aromatic amines is 1. The molecule has 0 saturated heterocycles. The summed E-state index contributed by atoms with van der Waals surface area (Å²) in [6.07, 6.45) is 2.70. The van der Waals surface area contributed by atoms with Crippen molar-refractivity contribution in [3.63, 3.8) is 0 Å². The number of hydrogen-bond donors (Lipinski definition) is 3. The summed E-state index contributed by atoms with van der Waals surface area (Å²) in [4.78, 5) is 19.2. The molecule has 1 aromatic heterocycles. The molecule has 0 aliphatic rings. The number of nitrogens with one attached hydrogen (secondary N) is 1. The van der Waals surface area contributed by atoms with Gasteiger partial charge in [0.15, 0.2) is 5.88 Å². The van der Waals surface area contributed by atoms with E-state index in [0.717, 1.165) is 41.6 Å². The van der Waals surface area contributed by atoms with Crippen LogP contribution >= 0.6 is 0 Å². The Labute approximate surface area is 146 Å². The van der Waals surface area contributed by atoms with E-state index in [0.29, 0.717) is 11.1 Å². The van der Waals surface area contributed by atoms with E-state index < -0.39 is 5.91 Å². The number of para-hydroxylation sites is 1. The molecule has 3 rings (SSSR count). The first-order valence-electron chi connectivity index (χ1n) is 8.37. The Balaban J connectivity index is 2.17. The highest BCUT2D eigenvalue weighted by atomic mass is 16.3. The van der Waals surface area contributed by atoms with E-state index in [-0.39, 0.29) is 5.88 Å². The van der Waals surface area contributed by atoms with E-state index in [1.807, 2.05) is 30.3 Å². The number of aromatic hydroxyl groups is 1. The molecule has 128 valence electrons. The Morgan fingerprint density at radius 3 is 2.64 bits per heavy atom. The van der Waals surface area contributed by atoms with Crippen LogP contribution in [-0.2, 0) is 0 Å². The molecule has 5 heteroatoms. The van der Waals surface area contributed by atoms with Gasteiger partial charge in [-0.3, -0.25) is 9.79 Å². The van der Waals surface area contributed by atoms with E-state index >= 15 is 0 Å². The quantitative estimate of drug-likeness (QED) is 0.587. The van der Waals surface area contributed by atoms with Gasteiger partial charge in [-0.15, -0.1) is 0 Å². The molecule has 25 heavy (non-hydrogen) atoms. The van der Waals surface area contributed by atoms with E-state index in [1.165, 1.54) is 0 Å². The zero-order valence-electron chi connectivity index (χ0n) is 14.1. The predicted molar refractivity (Wildman–Crippen MR) is 101 cm³/mol. The number of aliphatic imine (C=N–C) groups is 1. The molecular weight excluding hydrogens is 314 g/mol. The average molecular weight is 335 g/mol. The van der Waals surface area contributed by atoms with Gasteiger partial charge in [-0.05, 0) is 43.2 Å². The fourth-order valence-corrected chi connectivity index (χ4v) is 2.86. The maximum absolute atomic E-state index is 11.5. The summed E-state index contributed by atoms with van der Waals surface area (Å²) in [7, 11) is 0. The number of benzene rings is 2. The van der Waals surface area contributed by atoms with Crippen molar-refractivity contribution >= 4 is 28.2 Å². The second-order valence-corrected chi connectivity index (χ2v) is 5.97. The minimum atomic E-state index is -0.497. The number of H-pyrrole nitrogens is 1. The van der Waals surface area contributed by atoms with Crippen LogP contribution in [-0.4, -0.2) is 21.7 Å². The average Bonchev–Trinajstić information content (AvgIpc) is 2.94. The molecule has 5 nitrogen and oxygen atoms in total. The molecule has 3 aromatic rings. The first kappa shape index (κ1) is 16.8. The standard InChI is InChI=1S/C20H21N3O2/c1-2-3-9-17(22-14-7-5-4-6-8-14)18-15-12-13(19(21)24)10-11-16(15)23-20(18)25/h4-8,10-12,23,25H,2-3,9H2,1H3,(H2,21,24). The molecule has 1 heterocycles. The number of nitrogens with zero attached hydrogens (tertiary/aromatic N) is 1. The van der Waals surface area contributed by atoms with Crippen LogP contribution in [0.4, 0.5) is 5.69 Å². The van der Waals surface area contributed by atoms with Gasteiger partial charge in [0.1, 0.15) is 0 Å². The number of nitrogens with two attached hydrogens (primary N) is 1. The summed E-state index contributed by atoms with van der Waals surface area (Å²) < 4.78 is 0. The van der Waals surface area contributed by atoms with Crippen LogP contribution in [0.5, 0.6) is 5.88 Å². The van der Waals surface area contributed by atoms with Crippen molar-refractivity contribution in [2.75, 3.05) is 0 Å². The molecule has 0 saturated carbocycles. The minimum Gasteiger partial charge on any atom is -0.494 e. The Hall–Kier alpha value is -3.08. The van der Waals surface area contributed by atoms with Gasteiger partial charge in [0.2, 0.25) is 5.91 Å². The van der Waals surface area contributed by atoms with Crippen LogP contribution in [0.2, 0.25) is 0 Å². The van der Waals surface area contributed by atoms with Crippen molar-refractivity contribution in [3.8, 4) is 5.88 Å². The van der Waals surface area contributed by atoms with Crippen LogP contribution in [0.25, 0.3) is 10.9 Å². The van der Waals surface area contributed by atoms with E-state index in [4.69, 9.17) is 10.7 Å². The number of carbonyl (C=O) groups is 1. The lowest BCUT2D eigenvalue weighted by atomic mass is 10.0. The van der Waals surface area contributed by atoms with Gasteiger partial charge in [0.25, 0.3) is 0 Å². The molecular formula is C20H21N3O2. The molecule has 0 radical (unpaired) electrons. The highest BCUT2D eigenvalue weighted by molar-refractivity contribution is 6.14. The van der Waals surface area contributed by atoms with Crippen molar-refractivity contribution in [2.24, 2.45) is 10.7 Å². The molecule has 0 spiro atoms. The second-order valence-electron chi connectivity index (χ2n) is 5.97. The Kier molecular flexibility index (Phi) is 4.84. The molecule has 0 bridgehead atoms. The van der Waals surface area contributed by atoms with Gasteiger partial charge in [0, 0.05) is 16.5 Å². The number of amides is 1. The maximum atomic E-state index is 11.5. The summed E-state index contributed by atoms with van der Waals surface area (Å²) in [5.74, 6) is -0.439. The smallest absolute Gasteiger partial charge is 0.248 e. The van der Waals surface area contributed by atoms with Crippen molar-refractivity contribution in [1.82, 2.24) is 4.98 Å². The highest BCUT2D eigenvalue weighted by Crippen LogP contribution is 2.31. The molecule has 0 unspecified atom stereocenters. The third-order valence-electron chi connectivity index (χ3n) is 4.14. The van der Waals surface area contributed by atoms with Crippen LogP contribution < -0.4 is 5.73 Å².